The average Bonchev–Trinajstić information content (AvgIpc) is 2.33. The van der Waals surface area contributed by atoms with Gasteiger partial charge in [-0.3, -0.25) is 4.90 Å². The van der Waals surface area contributed by atoms with Crippen molar-refractivity contribution < 1.29 is 9.13 Å². The minimum Gasteiger partial charge on any atom is -0.376 e. The summed E-state index contributed by atoms with van der Waals surface area (Å²) in [5, 5.41) is 9.24. The highest BCUT2D eigenvalue weighted by Gasteiger charge is 2.26. The number of halogens is 1. The Balaban J connectivity index is 2.22. The molecule has 0 aromatic heterocycles. The number of ether oxygens (including phenoxy) is 1. The van der Waals surface area contributed by atoms with Crippen molar-refractivity contribution in [2.45, 2.75) is 19.1 Å². The van der Waals surface area contributed by atoms with Crippen LogP contribution in [0, 0.1) is 17.1 Å². The Bertz CT molecular complexity index is 430. The highest BCUT2D eigenvalue weighted by atomic mass is 19.1. The normalized spacial score (nSPS) is 23.0. The average molecular weight is 234 g/mol. The van der Waals surface area contributed by atoms with Gasteiger partial charge >= 0.3 is 0 Å². The lowest BCUT2D eigenvalue weighted by Gasteiger charge is -2.34. The third kappa shape index (κ3) is 2.63. The van der Waals surface area contributed by atoms with E-state index in [9.17, 15) is 9.65 Å². The van der Waals surface area contributed by atoms with E-state index in [-0.39, 0.29) is 11.9 Å². The highest BCUT2D eigenvalue weighted by Crippen LogP contribution is 2.24. The first-order valence-corrected chi connectivity index (χ1v) is 5.72. The summed E-state index contributed by atoms with van der Waals surface area (Å²) >= 11 is 0. The molecule has 90 valence electrons. The van der Waals surface area contributed by atoms with Gasteiger partial charge in [0.2, 0.25) is 0 Å². The number of hydrogen-bond donors (Lipinski definition) is 0. The van der Waals surface area contributed by atoms with Gasteiger partial charge in [0.25, 0.3) is 0 Å². The van der Waals surface area contributed by atoms with E-state index < -0.39 is 6.04 Å². The topological polar surface area (TPSA) is 36.3 Å². The fourth-order valence-electron chi connectivity index (χ4n) is 2.12. The monoisotopic (exact) mass is 234 g/mol. The Morgan fingerprint density at radius 1 is 1.53 bits per heavy atom. The highest BCUT2D eigenvalue weighted by molar-refractivity contribution is 5.26. The summed E-state index contributed by atoms with van der Waals surface area (Å²) in [5.41, 5.74) is 0.448. The molecule has 4 heteroatoms. The van der Waals surface area contributed by atoms with Crippen LogP contribution in [0.5, 0.6) is 0 Å². The predicted octanol–water partition coefficient (Wildman–Crippen LogP) is 2.11. The van der Waals surface area contributed by atoms with Gasteiger partial charge in [0.05, 0.1) is 18.8 Å². The summed E-state index contributed by atoms with van der Waals surface area (Å²) in [4.78, 5) is 1.96. The number of nitrogens with zero attached hydrogens (tertiary/aromatic N) is 2. The standard InChI is InChI=1S/C13H15FN2O/c1-10-9-16(6-7-17-10)13(8-15)11-4-2-3-5-12(11)14/h2-5,10,13H,6-7,9H2,1H3/t10-,13+/m1/s1. The molecule has 0 amide bonds. The maximum Gasteiger partial charge on any atom is 0.129 e. The maximum absolute atomic E-state index is 13.7. The molecule has 0 radical (unpaired) electrons. The third-order valence-corrected chi connectivity index (χ3v) is 2.96. The molecule has 2 atom stereocenters. The lowest BCUT2D eigenvalue weighted by atomic mass is 10.0. The van der Waals surface area contributed by atoms with Gasteiger partial charge in [-0.25, -0.2) is 4.39 Å². The number of rotatable bonds is 2. The summed E-state index contributed by atoms with van der Waals surface area (Å²) in [7, 11) is 0. The predicted molar refractivity (Wildman–Crippen MR) is 61.7 cm³/mol. The van der Waals surface area contributed by atoms with Crippen molar-refractivity contribution in [1.82, 2.24) is 4.90 Å². The summed E-state index contributed by atoms with van der Waals surface area (Å²) in [6.45, 7) is 3.87. The van der Waals surface area contributed by atoms with Crippen LogP contribution in [0.1, 0.15) is 18.5 Å². The van der Waals surface area contributed by atoms with E-state index in [2.05, 4.69) is 6.07 Å². The Kier molecular flexibility index (Phi) is 3.72. The second-order valence-electron chi connectivity index (χ2n) is 4.23. The van der Waals surface area contributed by atoms with Crippen molar-refractivity contribution in [3.63, 3.8) is 0 Å². The van der Waals surface area contributed by atoms with Crippen LogP contribution in [-0.4, -0.2) is 30.7 Å². The smallest absolute Gasteiger partial charge is 0.129 e. The van der Waals surface area contributed by atoms with E-state index in [0.717, 1.165) is 0 Å². The molecule has 1 saturated heterocycles. The maximum atomic E-state index is 13.7. The van der Waals surface area contributed by atoms with Crippen molar-refractivity contribution in [2.75, 3.05) is 19.7 Å². The first-order valence-electron chi connectivity index (χ1n) is 5.72. The van der Waals surface area contributed by atoms with E-state index in [1.807, 2.05) is 11.8 Å². The number of nitriles is 1. The van der Waals surface area contributed by atoms with Gasteiger partial charge in [0.15, 0.2) is 0 Å². The van der Waals surface area contributed by atoms with Gasteiger partial charge in [-0.05, 0) is 13.0 Å². The second kappa shape index (κ2) is 5.26. The van der Waals surface area contributed by atoms with Crippen molar-refractivity contribution in [1.29, 1.82) is 5.26 Å². The molecule has 1 aromatic rings. The van der Waals surface area contributed by atoms with Crippen LogP contribution in [0.2, 0.25) is 0 Å². The molecule has 17 heavy (non-hydrogen) atoms. The van der Waals surface area contributed by atoms with Gasteiger partial charge < -0.3 is 4.74 Å². The number of morpholine rings is 1. The molecule has 2 rings (SSSR count). The van der Waals surface area contributed by atoms with Crippen molar-refractivity contribution in [2.24, 2.45) is 0 Å². The van der Waals surface area contributed by atoms with E-state index >= 15 is 0 Å². The Morgan fingerprint density at radius 3 is 2.94 bits per heavy atom. The fourth-order valence-corrected chi connectivity index (χ4v) is 2.12. The minimum atomic E-state index is -0.525. The molecule has 0 bridgehead atoms. The Hall–Kier alpha value is -1.44. The molecule has 0 saturated carbocycles. The molecule has 1 heterocycles. The van der Waals surface area contributed by atoms with Crippen LogP contribution < -0.4 is 0 Å². The lowest BCUT2D eigenvalue weighted by molar-refractivity contribution is -0.0272. The zero-order valence-corrected chi connectivity index (χ0v) is 9.77. The lowest BCUT2D eigenvalue weighted by Crippen LogP contribution is -2.42. The van der Waals surface area contributed by atoms with Gasteiger partial charge in [-0.15, -0.1) is 0 Å². The molecule has 1 aliphatic heterocycles. The Labute approximate surface area is 100 Å². The minimum absolute atomic E-state index is 0.0892. The quantitative estimate of drug-likeness (QED) is 0.786. The van der Waals surface area contributed by atoms with Crippen LogP contribution in [-0.2, 0) is 4.74 Å². The molecule has 0 spiro atoms. The SMILES string of the molecule is C[C@@H]1CN([C@@H](C#N)c2ccccc2F)CCO1. The fraction of sp³-hybridized carbons (Fsp3) is 0.462. The molecule has 0 N–H and O–H groups in total. The van der Waals surface area contributed by atoms with E-state index in [1.165, 1.54) is 6.07 Å². The van der Waals surface area contributed by atoms with Gasteiger partial charge in [-0.2, -0.15) is 5.26 Å². The van der Waals surface area contributed by atoms with Gasteiger partial charge in [-0.1, -0.05) is 18.2 Å². The van der Waals surface area contributed by atoms with Crippen molar-refractivity contribution >= 4 is 0 Å². The molecule has 1 aliphatic rings. The van der Waals surface area contributed by atoms with Crippen molar-refractivity contribution in [3.05, 3.63) is 35.6 Å². The number of benzene rings is 1. The van der Waals surface area contributed by atoms with Gasteiger partial charge in [0.1, 0.15) is 11.9 Å². The first kappa shape index (κ1) is 12.0. The molecular formula is C13H15FN2O. The summed E-state index contributed by atoms with van der Waals surface area (Å²) in [6, 6.07) is 8.11. The molecule has 1 fully saturated rings. The summed E-state index contributed by atoms with van der Waals surface area (Å²) < 4.78 is 19.1. The zero-order chi connectivity index (χ0) is 12.3. The van der Waals surface area contributed by atoms with Crippen LogP contribution in [0.4, 0.5) is 4.39 Å². The van der Waals surface area contributed by atoms with Crippen molar-refractivity contribution in [3.8, 4) is 6.07 Å². The van der Waals surface area contributed by atoms with Gasteiger partial charge in [0, 0.05) is 18.7 Å². The first-order chi connectivity index (χ1) is 8.22. The number of hydrogen-bond acceptors (Lipinski definition) is 3. The third-order valence-electron chi connectivity index (χ3n) is 2.96. The van der Waals surface area contributed by atoms with Crippen LogP contribution in [0.3, 0.4) is 0 Å². The summed E-state index contributed by atoms with van der Waals surface area (Å²) in [6.07, 6.45) is 0.0892. The largest absolute Gasteiger partial charge is 0.376 e. The van der Waals surface area contributed by atoms with E-state index in [1.54, 1.807) is 18.2 Å². The van der Waals surface area contributed by atoms with E-state index in [4.69, 9.17) is 4.74 Å². The molecular weight excluding hydrogens is 219 g/mol. The molecule has 0 unspecified atom stereocenters. The van der Waals surface area contributed by atoms with Crippen LogP contribution in [0.15, 0.2) is 24.3 Å². The molecule has 1 aromatic carbocycles. The van der Waals surface area contributed by atoms with E-state index in [0.29, 0.717) is 25.3 Å². The van der Waals surface area contributed by atoms with Crippen LogP contribution in [0.25, 0.3) is 0 Å². The molecule has 3 nitrogen and oxygen atoms in total. The second-order valence-corrected chi connectivity index (χ2v) is 4.23. The summed E-state index contributed by atoms with van der Waals surface area (Å²) in [5.74, 6) is -0.321. The zero-order valence-electron chi connectivity index (χ0n) is 9.77. The molecule has 0 aliphatic carbocycles. The Morgan fingerprint density at radius 2 is 2.29 bits per heavy atom. The van der Waals surface area contributed by atoms with Crippen LogP contribution >= 0.6 is 0 Å².